The van der Waals surface area contributed by atoms with Crippen molar-refractivity contribution in [3.05, 3.63) is 0 Å². The van der Waals surface area contributed by atoms with Gasteiger partial charge in [-0.3, -0.25) is 0 Å². The molecule has 0 unspecified atom stereocenters. The van der Waals surface area contributed by atoms with Crippen molar-refractivity contribution in [1.82, 2.24) is 0 Å². The SMILES string of the molecule is Cl.O.O.O.O.O.[AlH3]. The van der Waals surface area contributed by atoms with Crippen LogP contribution in [0.3, 0.4) is 0 Å². The lowest BCUT2D eigenvalue weighted by Gasteiger charge is -0.413. The molecule has 0 aromatic rings. The van der Waals surface area contributed by atoms with Crippen molar-refractivity contribution in [2.45, 2.75) is 0 Å². The van der Waals surface area contributed by atoms with E-state index in [-0.39, 0.29) is 57.1 Å². The number of hydrogen-bond acceptors (Lipinski definition) is 0. The van der Waals surface area contributed by atoms with Crippen LogP contribution in [0.2, 0.25) is 0 Å². The molecule has 54 valence electrons. The van der Waals surface area contributed by atoms with Gasteiger partial charge in [0.2, 0.25) is 0 Å². The monoisotopic (exact) mass is 156 g/mol. The maximum absolute atomic E-state index is 0. The van der Waals surface area contributed by atoms with Crippen LogP contribution in [-0.4, -0.2) is 44.7 Å². The fourth-order valence-electron chi connectivity index (χ4n) is 0. The molecule has 5 nitrogen and oxygen atoms in total. The summed E-state index contributed by atoms with van der Waals surface area (Å²) in [6, 6.07) is 0. The Morgan fingerprint density at radius 1 is 0.429 bits per heavy atom. The van der Waals surface area contributed by atoms with Gasteiger partial charge < -0.3 is 27.4 Å². The highest BCUT2D eigenvalue weighted by atomic mass is 35.5. The van der Waals surface area contributed by atoms with Gasteiger partial charge in [0.05, 0.1) is 0 Å². The van der Waals surface area contributed by atoms with Crippen LogP contribution in [0.1, 0.15) is 0 Å². The standard InChI is InChI=1S/Al.ClH.5H2O.3H/h;1H;5*1H2;;;. The lowest BCUT2D eigenvalue weighted by molar-refractivity contribution is 0.823. The zero-order valence-electron chi connectivity index (χ0n) is 2.91. The van der Waals surface area contributed by atoms with E-state index in [1.807, 2.05) is 0 Å². The second kappa shape index (κ2) is 540. The van der Waals surface area contributed by atoms with Crippen molar-refractivity contribution in [2.75, 3.05) is 0 Å². The summed E-state index contributed by atoms with van der Waals surface area (Å²) in [6.07, 6.45) is 0. The first kappa shape index (κ1) is 863. The molecule has 0 spiro atoms. The molecular formula is H14AlClO5. The fraction of sp³-hybridized carbons (Fsp3) is 0. The predicted octanol–water partition coefficient (Wildman–Crippen LogP) is -4.89. The first-order chi connectivity index (χ1) is 0. The molecule has 0 aliphatic heterocycles. The molecule has 7 heteroatoms. The van der Waals surface area contributed by atoms with Gasteiger partial charge >= 0.3 is 0 Å². The molecule has 0 radical (unpaired) electrons. The molecule has 0 aromatic heterocycles. The van der Waals surface area contributed by atoms with Crippen LogP contribution >= 0.6 is 12.4 Å². The van der Waals surface area contributed by atoms with Crippen LogP contribution in [-0.2, 0) is 0 Å². The van der Waals surface area contributed by atoms with Crippen LogP contribution < -0.4 is 0 Å². The maximum Gasteiger partial charge on any atom is 0.187 e. The Kier molecular flexibility index (Phi) is 66600. The molecule has 0 aliphatic carbocycles. The second-order valence-electron chi connectivity index (χ2n) is 0. The van der Waals surface area contributed by atoms with E-state index in [9.17, 15) is 0 Å². The van der Waals surface area contributed by atoms with Crippen LogP contribution in [0.15, 0.2) is 0 Å². The van der Waals surface area contributed by atoms with E-state index in [1.54, 1.807) is 0 Å². The summed E-state index contributed by atoms with van der Waals surface area (Å²) >= 11 is 0. The molecule has 0 aromatic carbocycles. The zero-order valence-corrected chi connectivity index (χ0v) is 3.72. The van der Waals surface area contributed by atoms with E-state index < -0.39 is 0 Å². The molecule has 0 bridgehead atoms. The molecule has 0 saturated heterocycles. The summed E-state index contributed by atoms with van der Waals surface area (Å²) in [5.74, 6) is 0. The summed E-state index contributed by atoms with van der Waals surface area (Å²) < 4.78 is 0. The molecule has 0 fully saturated rings. The summed E-state index contributed by atoms with van der Waals surface area (Å²) in [7, 11) is 0. The van der Waals surface area contributed by atoms with Crippen LogP contribution in [0.5, 0.6) is 0 Å². The van der Waals surface area contributed by atoms with Gasteiger partial charge in [0.15, 0.2) is 17.4 Å². The topological polar surface area (TPSA) is 158 Å². The van der Waals surface area contributed by atoms with E-state index in [0.29, 0.717) is 0 Å². The second-order valence-corrected chi connectivity index (χ2v) is 0. The number of hydrogen-bond donors (Lipinski definition) is 0. The van der Waals surface area contributed by atoms with Crippen LogP contribution in [0.25, 0.3) is 0 Å². The van der Waals surface area contributed by atoms with Crippen molar-refractivity contribution < 1.29 is 27.4 Å². The Morgan fingerprint density at radius 3 is 0.429 bits per heavy atom. The molecule has 7 heavy (non-hydrogen) atoms. The smallest absolute Gasteiger partial charge is 0.187 e. The van der Waals surface area contributed by atoms with E-state index in [4.69, 9.17) is 0 Å². The molecular weight excluding hydrogens is 142 g/mol. The van der Waals surface area contributed by atoms with Crippen molar-refractivity contribution in [1.29, 1.82) is 0 Å². The summed E-state index contributed by atoms with van der Waals surface area (Å²) in [5.41, 5.74) is 0. The average molecular weight is 157 g/mol. The fourth-order valence-corrected chi connectivity index (χ4v) is 0. The predicted molar refractivity (Wildman–Crippen MR) is 35.3 cm³/mol. The first-order valence-electron chi connectivity index (χ1n) is 0. The van der Waals surface area contributed by atoms with Crippen molar-refractivity contribution in [3.63, 3.8) is 0 Å². The van der Waals surface area contributed by atoms with Crippen molar-refractivity contribution >= 4 is 29.8 Å². The van der Waals surface area contributed by atoms with Gasteiger partial charge in [-0.05, 0) is 0 Å². The van der Waals surface area contributed by atoms with E-state index in [0.717, 1.165) is 0 Å². The molecule has 0 amide bonds. The number of rotatable bonds is 0. The third kappa shape index (κ3) is 365. The molecule has 0 saturated carbocycles. The van der Waals surface area contributed by atoms with Gasteiger partial charge in [0.1, 0.15) is 0 Å². The quantitative estimate of drug-likeness (QED) is 0.308. The highest BCUT2D eigenvalue weighted by Gasteiger charge is 0.187. The Morgan fingerprint density at radius 2 is 0.429 bits per heavy atom. The average Bonchev–Trinajstić information content (AvgIpc) is 0. The van der Waals surface area contributed by atoms with Gasteiger partial charge in [-0.25, -0.2) is 0 Å². The molecule has 0 rings (SSSR count). The van der Waals surface area contributed by atoms with Gasteiger partial charge in [-0.2, -0.15) is 0 Å². The zero-order chi connectivity index (χ0) is 0. The summed E-state index contributed by atoms with van der Waals surface area (Å²) in [4.78, 5) is 0. The molecule has 0 heterocycles. The molecule has 0 atom stereocenters. The normalized spacial score (nSPS) is 0. The van der Waals surface area contributed by atoms with E-state index >= 15 is 0 Å². The lowest BCUT2D eigenvalue weighted by Crippen LogP contribution is -0.381. The Hall–Kier alpha value is 0.622. The first-order valence-corrected chi connectivity index (χ1v) is 0. The highest BCUT2D eigenvalue weighted by Crippen LogP contribution is 0.690. The van der Waals surface area contributed by atoms with Crippen molar-refractivity contribution in [3.8, 4) is 0 Å². The van der Waals surface area contributed by atoms with Gasteiger partial charge in [0.25, 0.3) is 0 Å². The van der Waals surface area contributed by atoms with Crippen LogP contribution in [0.4, 0.5) is 0 Å². The highest BCUT2D eigenvalue weighted by molar-refractivity contribution is 5.85. The maximum atomic E-state index is 0. The summed E-state index contributed by atoms with van der Waals surface area (Å²) in [6.45, 7) is 0. The van der Waals surface area contributed by atoms with Gasteiger partial charge in [-0.1, -0.05) is 0 Å². The molecule has 0 aliphatic rings. The van der Waals surface area contributed by atoms with E-state index in [1.165, 1.54) is 0 Å². The minimum Gasteiger partial charge on any atom is -0.412 e. The Balaban J connectivity index is 0. The third-order valence-electron chi connectivity index (χ3n) is 0. The minimum atomic E-state index is 0. The van der Waals surface area contributed by atoms with Crippen molar-refractivity contribution in [2.24, 2.45) is 0 Å². The minimum absolute atomic E-state index is 0. The molecule has 10 N–H and O–H groups in total. The van der Waals surface area contributed by atoms with Crippen LogP contribution in [0, 0.1) is 0 Å². The Bertz CT molecular complexity index is 8.04. The summed E-state index contributed by atoms with van der Waals surface area (Å²) in [5, 5.41) is 0. The largest absolute Gasteiger partial charge is 0.412 e. The lowest BCUT2D eigenvalue weighted by atomic mass is 16.0. The number of halogens is 1. The Labute approximate surface area is 57.8 Å². The van der Waals surface area contributed by atoms with Gasteiger partial charge in [-0.15, -0.1) is 12.4 Å². The van der Waals surface area contributed by atoms with Gasteiger partial charge in [0, 0.05) is 0 Å². The van der Waals surface area contributed by atoms with E-state index in [2.05, 4.69) is 0 Å². The third-order valence-corrected chi connectivity index (χ3v) is 0.